The van der Waals surface area contributed by atoms with E-state index in [2.05, 4.69) is 46.4 Å². The molecule has 1 aromatic carbocycles. The molecule has 0 spiro atoms. The lowest BCUT2D eigenvalue weighted by Crippen LogP contribution is -2.12. The normalized spacial score (nSPS) is 14.8. The number of hydrogen-bond donors (Lipinski definition) is 0. The number of hydrogen-bond acceptors (Lipinski definition) is 3. The van der Waals surface area contributed by atoms with Crippen LogP contribution >= 0.6 is 0 Å². The minimum Gasteiger partial charge on any atom is -0.255 e. The van der Waals surface area contributed by atoms with Crippen LogP contribution in [0.3, 0.4) is 0 Å². The fourth-order valence-electron chi connectivity index (χ4n) is 2.52. The quantitative estimate of drug-likeness (QED) is 0.782. The molecule has 0 radical (unpaired) electrons. The lowest BCUT2D eigenvalue weighted by Gasteiger charge is -2.14. The van der Waals surface area contributed by atoms with Crippen LogP contribution in [-0.2, 0) is 7.05 Å². The molecule has 20 heavy (non-hydrogen) atoms. The standard InChI is InChI=1S/C15H15BN4/c1-20-11-18-15(19-20)14-4-2-12(3-5-14)13-6-8-16(10-17)9-7-13/h2-6,11H,7-9H2,1H3. The van der Waals surface area contributed by atoms with Crippen LogP contribution in [0.15, 0.2) is 36.7 Å². The van der Waals surface area contributed by atoms with Gasteiger partial charge in [-0.05, 0) is 23.9 Å². The molecule has 4 nitrogen and oxygen atoms in total. The van der Waals surface area contributed by atoms with Gasteiger partial charge in [0.05, 0.1) is 0 Å². The average molecular weight is 262 g/mol. The first kappa shape index (κ1) is 12.7. The maximum atomic E-state index is 8.92. The maximum Gasteiger partial charge on any atom is 0.271 e. The second kappa shape index (κ2) is 5.34. The van der Waals surface area contributed by atoms with Gasteiger partial charge in [-0.3, -0.25) is 4.68 Å². The molecule has 0 fully saturated rings. The van der Waals surface area contributed by atoms with Gasteiger partial charge in [0.25, 0.3) is 6.71 Å². The Morgan fingerprint density at radius 3 is 2.55 bits per heavy atom. The fourth-order valence-corrected chi connectivity index (χ4v) is 2.52. The molecule has 0 saturated heterocycles. The highest BCUT2D eigenvalue weighted by molar-refractivity contribution is 6.67. The summed E-state index contributed by atoms with van der Waals surface area (Å²) in [4.78, 5) is 4.25. The molecule has 0 bridgehead atoms. The van der Waals surface area contributed by atoms with E-state index in [4.69, 9.17) is 5.26 Å². The minimum atomic E-state index is 0.191. The molecule has 0 aliphatic carbocycles. The summed E-state index contributed by atoms with van der Waals surface area (Å²) in [5, 5.41) is 13.2. The van der Waals surface area contributed by atoms with Crippen molar-refractivity contribution in [3.05, 3.63) is 42.2 Å². The molecule has 1 aliphatic heterocycles. The molecule has 0 atom stereocenters. The largest absolute Gasteiger partial charge is 0.271 e. The lowest BCUT2D eigenvalue weighted by molar-refractivity contribution is 0.768. The van der Waals surface area contributed by atoms with Crippen molar-refractivity contribution in [2.45, 2.75) is 19.1 Å². The predicted octanol–water partition coefficient (Wildman–Crippen LogP) is 2.83. The van der Waals surface area contributed by atoms with Crippen LogP contribution < -0.4 is 0 Å². The van der Waals surface area contributed by atoms with E-state index in [0.29, 0.717) is 0 Å². The zero-order valence-electron chi connectivity index (χ0n) is 11.5. The number of nitriles is 1. The Morgan fingerprint density at radius 1 is 1.25 bits per heavy atom. The Balaban J connectivity index is 1.80. The highest BCUT2D eigenvalue weighted by atomic mass is 15.3. The van der Waals surface area contributed by atoms with Crippen molar-refractivity contribution in [3.8, 4) is 17.4 Å². The molecular formula is C15H15BN4. The third kappa shape index (κ3) is 2.50. The number of aromatic nitrogens is 3. The molecule has 0 saturated carbocycles. The first-order valence-electron chi connectivity index (χ1n) is 6.81. The smallest absolute Gasteiger partial charge is 0.255 e. The summed E-state index contributed by atoms with van der Waals surface area (Å²) in [7, 11) is 1.86. The molecule has 3 rings (SSSR count). The summed E-state index contributed by atoms with van der Waals surface area (Å²) >= 11 is 0. The number of rotatable bonds is 2. The van der Waals surface area contributed by atoms with Gasteiger partial charge >= 0.3 is 0 Å². The van der Waals surface area contributed by atoms with Crippen molar-refractivity contribution in [1.29, 1.82) is 5.26 Å². The van der Waals surface area contributed by atoms with E-state index in [1.54, 1.807) is 11.0 Å². The van der Waals surface area contributed by atoms with Gasteiger partial charge in [0.2, 0.25) is 0 Å². The van der Waals surface area contributed by atoms with Gasteiger partial charge in [-0.2, -0.15) is 5.10 Å². The third-order valence-corrected chi connectivity index (χ3v) is 3.71. The van der Waals surface area contributed by atoms with Gasteiger partial charge in [-0.25, -0.2) is 10.2 Å². The van der Waals surface area contributed by atoms with Gasteiger partial charge in [0.1, 0.15) is 6.33 Å². The van der Waals surface area contributed by atoms with Crippen LogP contribution in [0.25, 0.3) is 17.0 Å². The van der Waals surface area contributed by atoms with Crippen LogP contribution in [0.4, 0.5) is 0 Å². The highest BCUT2D eigenvalue weighted by Gasteiger charge is 2.18. The van der Waals surface area contributed by atoms with E-state index in [9.17, 15) is 0 Å². The second-order valence-corrected chi connectivity index (χ2v) is 5.15. The Hall–Kier alpha value is -2.35. The SMILES string of the molecule is Cn1cnc(-c2ccc(C3=CCB(C#N)CC3)cc2)n1. The highest BCUT2D eigenvalue weighted by Crippen LogP contribution is 2.28. The Kier molecular flexibility index (Phi) is 3.38. The summed E-state index contributed by atoms with van der Waals surface area (Å²) in [5.74, 6) is 3.10. The third-order valence-electron chi connectivity index (χ3n) is 3.71. The molecule has 2 aromatic rings. The summed E-state index contributed by atoms with van der Waals surface area (Å²) in [6.45, 7) is 0.191. The molecule has 98 valence electrons. The molecule has 0 unspecified atom stereocenters. The molecular weight excluding hydrogens is 247 g/mol. The first-order valence-corrected chi connectivity index (χ1v) is 6.81. The molecule has 1 aromatic heterocycles. The van der Waals surface area contributed by atoms with Crippen molar-refractivity contribution in [2.75, 3.05) is 0 Å². The van der Waals surface area contributed by atoms with E-state index >= 15 is 0 Å². The van der Waals surface area contributed by atoms with E-state index in [0.717, 1.165) is 30.4 Å². The predicted molar refractivity (Wildman–Crippen MR) is 80.0 cm³/mol. The number of allylic oxidation sites excluding steroid dienone is 2. The molecule has 2 heterocycles. The zero-order valence-corrected chi connectivity index (χ0v) is 11.5. The van der Waals surface area contributed by atoms with Gasteiger partial charge in [-0.1, -0.05) is 36.7 Å². The lowest BCUT2D eigenvalue weighted by atomic mass is 9.43. The van der Waals surface area contributed by atoms with E-state index in [1.165, 1.54) is 11.1 Å². The maximum absolute atomic E-state index is 8.92. The van der Waals surface area contributed by atoms with Crippen molar-refractivity contribution >= 4 is 12.3 Å². The number of nitrogens with zero attached hydrogens (tertiary/aromatic N) is 4. The van der Waals surface area contributed by atoms with Crippen molar-refractivity contribution in [3.63, 3.8) is 0 Å². The number of benzene rings is 1. The van der Waals surface area contributed by atoms with E-state index in [1.807, 2.05) is 7.05 Å². The zero-order chi connectivity index (χ0) is 13.9. The van der Waals surface area contributed by atoms with Crippen LogP contribution in [0.5, 0.6) is 0 Å². The molecule has 0 N–H and O–H groups in total. The van der Waals surface area contributed by atoms with Gasteiger partial charge in [0.15, 0.2) is 5.82 Å². The van der Waals surface area contributed by atoms with Crippen LogP contribution in [0.1, 0.15) is 12.0 Å². The molecule has 5 heteroatoms. The average Bonchev–Trinajstić information content (AvgIpc) is 2.94. The van der Waals surface area contributed by atoms with Crippen molar-refractivity contribution < 1.29 is 0 Å². The summed E-state index contributed by atoms with van der Waals surface area (Å²) < 4.78 is 1.70. The summed E-state index contributed by atoms with van der Waals surface area (Å²) in [5.41, 5.74) is 3.61. The summed E-state index contributed by atoms with van der Waals surface area (Å²) in [6, 6.07) is 8.35. The van der Waals surface area contributed by atoms with Crippen LogP contribution in [0, 0.1) is 11.2 Å². The summed E-state index contributed by atoms with van der Waals surface area (Å²) in [6.07, 6.45) is 6.72. The second-order valence-electron chi connectivity index (χ2n) is 5.15. The van der Waals surface area contributed by atoms with Crippen molar-refractivity contribution in [2.24, 2.45) is 7.05 Å². The molecule has 1 aliphatic rings. The Morgan fingerprint density at radius 2 is 2.00 bits per heavy atom. The van der Waals surface area contributed by atoms with Crippen LogP contribution in [-0.4, -0.2) is 21.5 Å². The van der Waals surface area contributed by atoms with E-state index in [-0.39, 0.29) is 6.71 Å². The Bertz CT molecular complexity index is 679. The van der Waals surface area contributed by atoms with Crippen LogP contribution in [0.2, 0.25) is 12.6 Å². The topological polar surface area (TPSA) is 54.5 Å². The van der Waals surface area contributed by atoms with Gasteiger partial charge in [0, 0.05) is 18.6 Å². The van der Waals surface area contributed by atoms with Gasteiger partial charge in [-0.15, -0.1) is 0 Å². The van der Waals surface area contributed by atoms with Crippen molar-refractivity contribution in [1.82, 2.24) is 14.8 Å². The molecule has 0 amide bonds. The first-order chi connectivity index (χ1) is 9.76. The number of aryl methyl sites for hydroxylation is 1. The van der Waals surface area contributed by atoms with Gasteiger partial charge < -0.3 is 0 Å². The Labute approximate surface area is 118 Å². The minimum absolute atomic E-state index is 0.191. The fraction of sp³-hybridized carbons (Fsp3) is 0.267. The van der Waals surface area contributed by atoms with E-state index < -0.39 is 0 Å². The monoisotopic (exact) mass is 262 g/mol.